The molecule has 5 nitrogen and oxygen atoms in total. The van der Waals surface area contributed by atoms with Gasteiger partial charge in [0.2, 0.25) is 5.71 Å². The third-order valence-electron chi connectivity index (χ3n) is 3.38. The lowest BCUT2D eigenvalue weighted by molar-refractivity contribution is -0.274. The van der Waals surface area contributed by atoms with Crippen molar-refractivity contribution in [2.45, 2.75) is 25.8 Å². The van der Waals surface area contributed by atoms with Gasteiger partial charge in [0.05, 0.1) is 6.54 Å². The zero-order chi connectivity index (χ0) is 19.1. The number of hydrogen-bond acceptors (Lipinski definition) is 4. The van der Waals surface area contributed by atoms with Crippen molar-refractivity contribution in [2.75, 3.05) is 0 Å². The third kappa shape index (κ3) is 4.01. The van der Waals surface area contributed by atoms with Crippen LogP contribution in [0.25, 0.3) is 22.4 Å². The summed E-state index contributed by atoms with van der Waals surface area (Å²) in [6.45, 7) is -0.225. The first-order valence-corrected chi connectivity index (χ1v) is 7.25. The Morgan fingerprint density at radius 1 is 1.12 bits per heavy atom. The van der Waals surface area contributed by atoms with Crippen LogP contribution in [-0.4, -0.2) is 21.8 Å². The van der Waals surface area contributed by atoms with E-state index in [-0.39, 0.29) is 11.2 Å². The summed E-state index contributed by atoms with van der Waals surface area (Å²) in [6.07, 6.45) is -3.49. The molecule has 0 bridgehead atoms. The van der Waals surface area contributed by atoms with E-state index < -0.39 is 30.3 Å². The molecule has 0 aliphatic heterocycles. The van der Waals surface area contributed by atoms with Crippen molar-refractivity contribution in [1.82, 2.24) is 9.55 Å². The number of ether oxygens (including phenoxy) is 1. The molecule has 0 saturated heterocycles. The van der Waals surface area contributed by atoms with Gasteiger partial charge in [-0.25, -0.2) is 18.6 Å². The highest BCUT2D eigenvalue weighted by atomic mass is 19.4. The van der Waals surface area contributed by atoms with Gasteiger partial charge in [-0.2, -0.15) is 0 Å². The summed E-state index contributed by atoms with van der Waals surface area (Å²) in [7, 11) is 0. The van der Waals surface area contributed by atoms with Crippen molar-refractivity contribution in [3.63, 3.8) is 0 Å². The van der Waals surface area contributed by atoms with E-state index in [4.69, 9.17) is 4.42 Å². The normalized spacial score (nSPS) is 12.5. The van der Waals surface area contributed by atoms with E-state index >= 15 is 0 Å². The molecule has 0 radical (unpaired) electrons. The molecule has 10 heteroatoms. The van der Waals surface area contributed by atoms with Gasteiger partial charge in [-0.15, -0.1) is 13.2 Å². The van der Waals surface area contributed by atoms with Gasteiger partial charge in [0.1, 0.15) is 11.3 Å². The van der Waals surface area contributed by atoms with Gasteiger partial charge in [-0.05, 0) is 23.8 Å². The van der Waals surface area contributed by atoms with E-state index in [2.05, 4.69) is 9.72 Å². The van der Waals surface area contributed by atoms with Gasteiger partial charge in [0, 0.05) is 18.7 Å². The van der Waals surface area contributed by atoms with Gasteiger partial charge in [-0.3, -0.25) is 4.57 Å². The zero-order valence-electron chi connectivity index (χ0n) is 13.2. The molecule has 0 unspecified atom stereocenters. The molecule has 0 atom stereocenters. The van der Waals surface area contributed by atoms with Crippen LogP contribution >= 0.6 is 0 Å². The van der Waals surface area contributed by atoms with E-state index in [0.29, 0.717) is 18.1 Å². The molecule has 1 aromatic carbocycles. The van der Waals surface area contributed by atoms with Gasteiger partial charge in [-0.1, -0.05) is 12.1 Å². The van der Waals surface area contributed by atoms with Crippen LogP contribution in [-0.2, 0) is 6.54 Å². The number of nitrogens with zero attached hydrogens (tertiary/aromatic N) is 2. The number of hydrogen-bond donors (Lipinski definition) is 0. The summed E-state index contributed by atoms with van der Waals surface area (Å²) in [5.74, 6) is -4.52. The number of halogens is 5. The standard InChI is InChI=1S/C16H11F5N2O3/c1-15(17,18)8-23-12-6-10(7-22-13(12)25-14(23)24)9-2-4-11(5-3-9)26-16(19,20)21/h2-7H,8H2,1H3. The van der Waals surface area contributed by atoms with E-state index in [9.17, 15) is 26.7 Å². The maximum Gasteiger partial charge on any atom is 0.573 e. The second-order valence-electron chi connectivity index (χ2n) is 5.64. The molecule has 3 aromatic rings. The highest BCUT2D eigenvalue weighted by Gasteiger charge is 2.31. The molecule has 0 aliphatic rings. The summed E-state index contributed by atoms with van der Waals surface area (Å²) >= 11 is 0. The van der Waals surface area contributed by atoms with Crippen LogP contribution in [0.3, 0.4) is 0 Å². The molecule has 2 heterocycles. The first-order valence-electron chi connectivity index (χ1n) is 7.25. The second kappa shape index (κ2) is 6.11. The Balaban J connectivity index is 1.98. The number of benzene rings is 1. The first-order chi connectivity index (χ1) is 12.0. The van der Waals surface area contributed by atoms with E-state index in [1.54, 1.807) is 0 Å². The van der Waals surface area contributed by atoms with Crippen LogP contribution in [0.5, 0.6) is 5.75 Å². The number of alkyl halides is 5. The lowest BCUT2D eigenvalue weighted by Gasteiger charge is -2.11. The molecular formula is C16H11F5N2O3. The number of rotatable bonds is 4. The van der Waals surface area contributed by atoms with E-state index in [1.807, 2.05) is 0 Å². The number of fused-ring (bicyclic) bond motifs is 1. The highest BCUT2D eigenvalue weighted by Crippen LogP contribution is 2.28. The fourth-order valence-corrected chi connectivity index (χ4v) is 2.38. The molecule has 2 aromatic heterocycles. The predicted octanol–water partition coefficient (Wildman–Crippen LogP) is 4.21. The van der Waals surface area contributed by atoms with Crippen LogP contribution in [0.2, 0.25) is 0 Å². The maximum absolute atomic E-state index is 13.3. The molecular weight excluding hydrogens is 363 g/mol. The van der Waals surface area contributed by atoms with Crippen molar-refractivity contribution in [3.05, 3.63) is 47.1 Å². The van der Waals surface area contributed by atoms with Crippen molar-refractivity contribution in [1.29, 1.82) is 0 Å². The third-order valence-corrected chi connectivity index (χ3v) is 3.38. The van der Waals surface area contributed by atoms with Gasteiger partial charge >= 0.3 is 12.1 Å². The number of pyridine rings is 1. The van der Waals surface area contributed by atoms with Gasteiger partial charge in [0.15, 0.2) is 0 Å². The van der Waals surface area contributed by atoms with Crippen LogP contribution in [0.4, 0.5) is 22.0 Å². The monoisotopic (exact) mass is 374 g/mol. The molecule has 0 amide bonds. The lowest BCUT2D eigenvalue weighted by Crippen LogP contribution is -2.25. The van der Waals surface area contributed by atoms with Gasteiger partial charge < -0.3 is 9.15 Å². The van der Waals surface area contributed by atoms with Crippen molar-refractivity contribution >= 4 is 11.2 Å². The lowest BCUT2D eigenvalue weighted by atomic mass is 10.1. The summed E-state index contributed by atoms with van der Waals surface area (Å²) in [6, 6.07) is 6.31. The summed E-state index contributed by atoms with van der Waals surface area (Å²) in [4.78, 5) is 15.6. The van der Waals surface area contributed by atoms with Crippen LogP contribution in [0.15, 0.2) is 45.7 Å². The summed E-state index contributed by atoms with van der Waals surface area (Å²) < 4.78 is 72.5. The van der Waals surface area contributed by atoms with Crippen LogP contribution < -0.4 is 10.5 Å². The minimum Gasteiger partial charge on any atom is -0.406 e. The van der Waals surface area contributed by atoms with Crippen molar-refractivity contribution < 1.29 is 31.1 Å². The molecule has 3 rings (SSSR count). The largest absolute Gasteiger partial charge is 0.573 e. The van der Waals surface area contributed by atoms with Gasteiger partial charge in [0.25, 0.3) is 5.92 Å². The summed E-state index contributed by atoms with van der Waals surface area (Å²) in [5, 5.41) is 0. The van der Waals surface area contributed by atoms with Crippen molar-refractivity contribution in [2.24, 2.45) is 0 Å². The Morgan fingerprint density at radius 2 is 1.77 bits per heavy atom. The predicted molar refractivity (Wildman–Crippen MR) is 81.0 cm³/mol. The molecule has 0 fully saturated rings. The molecule has 0 saturated carbocycles. The minimum atomic E-state index is -4.81. The molecule has 0 spiro atoms. The first kappa shape index (κ1) is 17.9. The molecule has 138 valence electrons. The average Bonchev–Trinajstić information content (AvgIpc) is 2.80. The van der Waals surface area contributed by atoms with Crippen molar-refractivity contribution in [3.8, 4) is 16.9 Å². The Bertz CT molecular complexity index is 984. The fraction of sp³-hybridized carbons (Fsp3) is 0.250. The second-order valence-corrected chi connectivity index (χ2v) is 5.64. The molecule has 26 heavy (non-hydrogen) atoms. The maximum atomic E-state index is 13.3. The minimum absolute atomic E-state index is 0.0599. The topological polar surface area (TPSA) is 57.3 Å². The Morgan fingerprint density at radius 3 is 2.35 bits per heavy atom. The number of aromatic nitrogens is 2. The average molecular weight is 374 g/mol. The van der Waals surface area contributed by atoms with E-state index in [0.717, 1.165) is 16.7 Å². The summed E-state index contributed by atoms with van der Waals surface area (Å²) in [5.41, 5.74) is 0.812. The SMILES string of the molecule is CC(F)(F)Cn1c(=O)oc2ncc(-c3ccc(OC(F)(F)F)cc3)cc21. The highest BCUT2D eigenvalue weighted by molar-refractivity contribution is 5.77. The smallest absolute Gasteiger partial charge is 0.406 e. The number of oxazole rings is 1. The van der Waals surface area contributed by atoms with Crippen LogP contribution in [0.1, 0.15) is 6.92 Å². The molecule has 0 aliphatic carbocycles. The zero-order valence-corrected chi connectivity index (χ0v) is 13.2. The van der Waals surface area contributed by atoms with Crippen LogP contribution in [0, 0.1) is 0 Å². The quantitative estimate of drug-likeness (QED) is 0.642. The fourth-order valence-electron chi connectivity index (χ4n) is 2.38. The molecule has 0 N–H and O–H groups in total. The Hall–Kier alpha value is -2.91. The Kier molecular flexibility index (Phi) is 4.21. The van der Waals surface area contributed by atoms with E-state index in [1.165, 1.54) is 24.4 Å². The Labute approximate surface area is 142 Å².